The fraction of sp³-hybridized carbons (Fsp3) is 0.222. The molecule has 1 aromatic rings. The molecule has 62 valence electrons. The van der Waals surface area contributed by atoms with Crippen molar-refractivity contribution in [1.82, 2.24) is 5.73 Å². The molecule has 0 spiro atoms. The summed E-state index contributed by atoms with van der Waals surface area (Å²) in [4.78, 5) is 9.82. The Balaban J connectivity index is 2.58. The van der Waals surface area contributed by atoms with E-state index in [0.29, 0.717) is 5.75 Å². The van der Waals surface area contributed by atoms with E-state index in [1.165, 1.54) is 0 Å². The average Bonchev–Trinajstić information content (AvgIpc) is 2.15. The van der Waals surface area contributed by atoms with E-state index in [1.807, 2.05) is 0 Å². The molecule has 2 radical (unpaired) electrons. The number of ether oxygens (including phenoxy) is 1. The third kappa shape index (κ3) is 2.36. The second-order valence-electron chi connectivity index (χ2n) is 2.25. The quantitative estimate of drug-likeness (QED) is 0.663. The molecule has 0 aliphatic heterocycles. The molecule has 0 amide bonds. The predicted molar refractivity (Wildman–Crippen MR) is 44.4 cm³/mol. The van der Waals surface area contributed by atoms with E-state index >= 15 is 0 Å². The zero-order valence-corrected chi connectivity index (χ0v) is 6.54. The van der Waals surface area contributed by atoms with E-state index in [4.69, 9.17) is 10.5 Å². The van der Waals surface area contributed by atoms with Crippen LogP contribution in [0.5, 0.6) is 5.75 Å². The summed E-state index contributed by atoms with van der Waals surface area (Å²) >= 11 is 0. The Morgan fingerprint density at radius 3 is 2.50 bits per heavy atom. The molecule has 0 fully saturated rings. The minimum absolute atomic E-state index is 0.0414. The van der Waals surface area contributed by atoms with Crippen LogP contribution in [-0.4, -0.2) is 12.9 Å². The van der Waals surface area contributed by atoms with Gasteiger partial charge in [0.2, 0.25) is 6.29 Å². The molecule has 12 heavy (non-hydrogen) atoms. The van der Waals surface area contributed by atoms with Crippen LogP contribution in [0.25, 0.3) is 0 Å². The van der Waals surface area contributed by atoms with E-state index in [0.717, 1.165) is 5.56 Å². The summed E-state index contributed by atoms with van der Waals surface area (Å²) in [6.45, 7) is 0.223. The van der Waals surface area contributed by atoms with E-state index < -0.39 is 0 Å². The summed E-state index contributed by atoms with van der Waals surface area (Å²) in [5.74, 6) is 0.635. The Morgan fingerprint density at radius 2 is 2.00 bits per heavy atom. The number of hydrogen-bond acceptors (Lipinski definition) is 2. The molecule has 0 aliphatic carbocycles. The maximum Gasteiger partial charge on any atom is 0.239 e. The molecule has 0 unspecified atom stereocenters. The highest BCUT2D eigenvalue weighted by Gasteiger charge is 1.92. The molecule has 0 aromatic heterocycles. The molecule has 1 N–H and O–H groups in total. The van der Waals surface area contributed by atoms with Gasteiger partial charge in [0.1, 0.15) is 5.75 Å². The van der Waals surface area contributed by atoms with Crippen molar-refractivity contribution >= 4 is 6.29 Å². The van der Waals surface area contributed by atoms with E-state index in [2.05, 4.69) is 0 Å². The molecule has 1 aromatic carbocycles. The summed E-state index contributed by atoms with van der Waals surface area (Å²) in [7, 11) is 0. The van der Waals surface area contributed by atoms with E-state index in [9.17, 15) is 4.79 Å². The number of benzene rings is 1. The second-order valence-corrected chi connectivity index (χ2v) is 2.25. The third-order valence-corrected chi connectivity index (χ3v) is 1.43. The van der Waals surface area contributed by atoms with Crippen LogP contribution in [0.4, 0.5) is 0 Å². The molecule has 0 bridgehead atoms. The lowest BCUT2D eigenvalue weighted by molar-refractivity contribution is 0.365. The van der Waals surface area contributed by atoms with Crippen LogP contribution in [0.15, 0.2) is 24.3 Å². The third-order valence-electron chi connectivity index (χ3n) is 1.43. The lowest BCUT2D eigenvalue weighted by Gasteiger charge is -2.01. The van der Waals surface area contributed by atoms with Crippen molar-refractivity contribution < 1.29 is 9.53 Å². The Bertz CT molecular complexity index is 243. The normalized spacial score (nSPS) is 9.42. The van der Waals surface area contributed by atoms with Gasteiger partial charge in [0, 0.05) is 6.54 Å². The predicted octanol–water partition coefficient (Wildman–Crippen LogP) is 0.958. The number of carbonyl (C=O) groups excluding carboxylic acids is 1. The Hall–Kier alpha value is -1.35. The van der Waals surface area contributed by atoms with Crippen molar-refractivity contribution in [3.8, 4) is 5.75 Å². The minimum atomic E-state index is -0.0414. The van der Waals surface area contributed by atoms with Crippen LogP contribution in [0.1, 0.15) is 5.56 Å². The highest BCUT2D eigenvalue weighted by atomic mass is 16.5. The van der Waals surface area contributed by atoms with Crippen LogP contribution in [0.3, 0.4) is 0 Å². The molecule has 0 saturated heterocycles. The lowest BCUT2D eigenvalue weighted by atomic mass is 10.2. The summed E-state index contributed by atoms with van der Waals surface area (Å²) in [5, 5.41) is 0. The van der Waals surface area contributed by atoms with Crippen molar-refractivity contribution in [2.24, 2.45) is 0 Å². The average molecular weight is 163 g/mol. The molecule has 0 aliphatic rings. The van der Waals surface area contributed by atoms with Gasteiger partial charge in [-0.1, -0.05) is 12.1 Å². The van der Waals surface area contributed by atoms with Gasteiger partial charge >= 0.3 is 0 Å². The van der Waals surface area contributed by atoms with Crippen LogP contribution in [0.2, 0.25) is 0 Å². The highest BCUT2D eigenvalue weighted by Crippen LogP contribution is 2.11. The van der Waals surface area contributed by atoms with Crippen LogP contribution in [-0.2, 0) is 11.3 Å². The van der Waals surface area contributed by atoms with Crippen LogP contribution < -0.4 is 10.5 Å². The van der Waals surface area contributed by atoms with Gasteiger partial charge < -0.3 is 4.74 Å². The van der Waals surface area contributed by atoms with Gasteiger partial charge in [-0.3, -0.25) is 10.5 Å². The van der Waals surface area contributed by atoms with Crippen LogP contribution in [0, 0.1) is 0 Å². The molecule has 0 heterocycles. The molecule has 1 rings (SSSR count). The monoisotopic (exact) mass is 163 g/mol. The van der Waals surface area contributed by atoms with Crippen molar-refractivity contribution in [3.05, 3.63) is 29.8 Å². The van der Waals surface area contributed by atoms with E-state index in [-0.39, 0.29) is 13.2 Å². The Labute approximate surface area is 71.1 Å². The fourth-order valence-electron chi connectivity index (χ4n) is 0.816. The minimum Gasteiger partial charge on any atom is -0.485 e. The van der Waals surface area contributed by atoms with Gasteiger partial charge in [-0.05, 0) is 17.7 Å². The Morgan fingerprint density at radius 1 is 1.33 bits per heavy atom. The second kappa shape index (κ2) is 4.51. The first kappa shape index (κ1) is 8.74. The molecular weight excluding hydrogens is 154 g/mol. The van der Waals surface area contributed by atoms with Crippen molar-refractivity contribution in [1.29, 1.82) is 0 Å². The van der Waals surface area contributed by atoms with Gasteiger partial charge in [-0.25, -0.2) is 0 Å². The number of hydrogen-bond donors (Lipinski definition) is 0. The Kier molecular flexibility index (Phi) is 3.29. The molecule has 0 saturated carbocycles. The smallest absolute Gasteiger partial charge is 0.239 e. The summed E-state index contributed by atoms with van der Waals surface area (Å²) in [5.41, 5.74) is 7.98. The first-order valence-electron chi connectivity index (χ1n) is 3.58. The van der Waals surface area contributed by atoms with Crippen molar-refractivity contribution in [2.75, 3.05) is 6.61 Å². The van der Waals surface area contributed by atoms with E-state index in [1.54, 1.807) is 30.6 Å². The number of nitrogens with one attached hydrogen (secondary N) is 1. The molecule has 3 heteroatoms. The SMILES string of the molecule is [NH]Cc1ccc(OC[C]=O)cc1. The zero-order chi connectivity index (χ0) is 8.81. The van der Waals surface area contributed by atoms with Gasteiger partial charge in [0.05, 0.1) is 0 Å². The van der Waals surface area contributed by atoms with Gasteiger partial charge in [-0.15, -0.1) is 0 Å². The molecule has 0 atom stereocenters. The maximum atomic E-state index is 9.82. The van der Waals surface area contributed by atoms with Crippen LogP contribution >= 0.6 is 0 Å². The highest BCUT2D eigenvalue weighted by molar-refractivity contribution is 5.52. The largest absolute Gasteiger partial charge is 0.485 e. The van der Waals surface area contributed by atoms with Crippen molar-refractivity contribution in [2.45, 2.75) is 6.54 Å². The van der Waals surface area contributed by atoms with Gasteiger partial charge in [0.15, 0.2) is 6.61 Å². The van der Waals surface area contributed by atoms with Gasteiger partial charge in [-0.2, -0.15) is 0 Å². The maximum absolute atomic E-state index is 9.82. The lowest BCUT2D eigenvalue weighted by Crippen LogP contribution is -1.97. The number of rotatable bonds is 4. The zero-order valence-electron chi connectivity index (χ0n) is 6.54. The summed E-state index contributed by atoms with van der Waals surface area (Å²) in [6.07, 6.45) is 1.64. The molecular formula is C9H9NO2. The van der Waals surface area contributed by atoms with Crippen molar-refractivity contribution in [3.63, 3.8) is 0 Å². The van der Waals surface area contributed by atoms with Gasteiger partial charge in [0.25, 0.3) is 0 Å². The summed E-state index contributed by atoms with van der Waals surface area (Å²) < 4.78 is 4.97. The first-order chi connectivity index (χ1) is 5.86. The summed E-state index contributed by atoms with van der Waals surface area (Å²) in [6, 6.07) is 7.07. The fourth-order valence-corrected chi connectivity index (χ4v) is 0.816. The molecule has 3 nitrogen and oxygen atoms in total. The topological polar surface area (TPSA) is 50.1 Å². The first-order valence-corrected chi connectivity index (χ1v) is 3.58. The standard InChI is InChI=1S/C9H9NO2/c10-7-8-1-3-9(4-2-8)12-6-5-11/h1-4,10H,6-7H2.